The van der Waals surface area contributed by atoms with Gasteiger partial charge in [0.1, 0.15) is 5.75 Å². The van der Waals surface area contributed by atoms with Crippen LogP contribution in [0.15, 0.2) is 24.3 Å². The Bertz CT molecular complexity index is 333. The molecule has 2 rings (SSSR count). The zero-order valence-electron chi connectivity index (χ0n) is 10.1. The van der Waals surface area contributed by atoms with Crippen LogP contribution >= 0.6 is 11.6 Å². The van der Waals surface area contributed by atoms with Crippen LogP contribution in [0, 0.1) is 11.8 Å². The first-order valence-corrected chi connectivity index (χ1v) is 6.76. The Morgan fingerprint density at radius 2 is 1.88 bits per heavy atom. The standard InChI is InChI=1S/C14H20ClNO/c15-13-5-7-14(8-6-13)17-10-12(9-16)11-3-1-2-4-11/h5-8,11-12H,1-4,9-10,16H2. The Labute approximate surface area is 108 Å². The lowest BCUT2D eigenvalue weighted by molar-refractivity contribution is 0.200. The van der Waals surface area contributed by atoms with Gasteiger partial charge in [-0.3, -0.25) is 0 Å². The van der Waals surface area contributed by atoms with Crippen molar-refractivity contribution in [2.75, 3.05) is 13.2 Å². The number of halogens is 1. The van der Waals surface area contributed by atoms with Gasteiger partial charge in [0.25, 0.3) is 0 Å². The first-order chi connectivity index (χ1) is 8.29. The number of ether oxygens (including phenoxy) is 1. The zero-order valence-corrected chi connectivity index (χ0v) is 10.8. The summed E-state index contributed by atoms with van der Waals surface area (Å²) in [6.45, 7) is 1.45. The number of hydrogen-bond acceptors (Lipinski definition) is 2. The van der Waals surface area contributed by atoms with E-state index in [9.17, 15) is 0 Å². The molecule has 94 valence electrons. The van der Waals surface area contributed by atoms with Crippen molar-refractivity contribution in [2.45, 2.75) is 25.7 Å². The van der Waals surface area contributed by atoms with Crippen LogP contribution in [0.2, 0.25) is 5.02 Å². The molecule has 3 heteroatoms. The summed E-state index contributed by atoms with van der Waals surface area (Å²) in [5.41, 5.74) is 5.84. The summed E-state index contributed by atoms with van der Waals surface area (Å²) >= 11 is 5.83. The van der Waals surface area contributed by atoms with E-state index in [0.29, 0.717) is 5.92 Å². The fraction of sp³-hybridized carbons (Fsp3) is 0.571. The summed E-state index contributed by atoms with van der Waals surface area (Å²) in [6.07, 6.45) is 5.32. The minimum absolute atomic E-state index is 0.494. The monoisotopic (exact) mass is 253 g/mol. The quantitative estimate of drug-likeness (QED) is 0.872. The van der Waals surface area contributed by atoms with Crippen molar-refractivity contribution in [3.8, 4) is 5.75 Å². The molecule has 1 atom stereocenters. The second kappa shape index (κ2) is 6.27. The average Bonchev–Trinajstić information content (AvgIpc) is 2.86. The minimum Gasteiger partial charge on any atom is -0.493 e. The van der Waals surface area contributed by atoms with E-state index in [1.165, 1.54) is 25.7 Å². The summed E-state index contributed by atoms with van der Waals surface area (Å²) < 4.78 is 5.79. The van der Waals surface area contributed by atoms with Crippen LogP contribution in [0.4, 0.5) is 0 Å². The topological polar surface area (TPSA) is 35.2 Å². The van der Waals surface area contributed by atoms with Crippen molar-refractivity contribution in [1.82, 2.24) is 0 Å². The van der Waals surface area contributed by atoms with Gasteiger partial charge < -0.3 is 10.5 Å². The van der Waals surface area contributed by atoms with Gasteiger partial charge in [-0.15, -0.1) is 0 Å². The van der Waals surface area contributed by atoms with Gasteiger partial charge in [0.15, 0.2) is 0 Å². The second-order valence-electron chi connectivity index (χ2n) is 4.81. The van der Waals surface area contributed by atoms with E-state index in [1.54, 1.807) is 0 Å². The first kappa shape index (κ1) is 12.7. The number of hydrogen-bond donors (Lipinski definition) is 1. The van der Waals surface area contributed by atoms with Gasteiger partial charge in [0, 0.05) is 10.9 Å². The lowest BCUT2D eigenvalue weighted by Crippen LogP contribution is -2.27. The summed E-state index contributed by atoms with van der Waals surface area (Å²) in [4.78, 5) is 0. The Hall–Kier alpha value is -0.730. The average molecular weight is 254 g/mol. The van der Waals surface area contributed by atoms with E-state index < -0.39 is 0 Å². The molecule has 1 saturated carbocycles. The molecule has 0 spiro atoms. The molecular formula is C14H20ClNO. The summed E-state index contributed by atoms with van der Waals surface area (Å²) in [6, 6.07) is 7.52. The van der Waals surface area contributed by atoms with Crippen molar-refractivity contribution >= 4 is 11.6 Å². The van der Waals surface area contributed by atoms with Crippen LogP contribution in [0.1, 0.15) is 25.7 Å². The lowest BCUT2D eigenvalue weighted by Gasteiger charge is -2.21. The van der Waals surface area contributed by atoms with Gasteiger partial charge in [0.05, 0.1) is 6.61 Å². The van der Waals surface area contributed by atoms with E-state index in [2.05, 4.69) is 0 Å². The summed E-state index contributed by atoms with van der Waals surface area (Å²) in [7, 11) is 0. The Balaban J connectivity index is 1.84. The van der Waals surface area contributed by atoms with Crippen molar-refractivity contribution in [3.05, 3.63) is 29.3 Å². The maximum Gasteiger partial charge on any atom is 0.119 e. The summed E-state index contributed by atoms with van der Waals surface area (Å²) in [5, 5.41) is 0.739. The molecule has 1 aromatic rings. The lowest BCUT2D eigenvalue weighted by atomic mass is 9.92. The van der Waals surface area contributed by atoms with Gasteiger partial charge in [-0.25, -0.2) is 0 Å². The van der Waals surface area contributed by atoms with Crippen LogP contribution in [-0.4, -0.2) is 13.2 Å². The van der Waals surface area contributed by atoms with Crippen LogP contribution in [0.5, 0.6) is 5.75 Å². The van der Waals surface area contributed by atoms with Crippen molar-refractivity contribution < 1.29 is 4.74 Å². The molecule has 0 heterocycles. The molecule has 0 aromatic heterocycles. The van der Waals surface area contributed by atoms with E-state index in [0.717, 1.165) is 29.8 Å². The predicted molar refractivity (Wildman–Crippen MR) is 71.4 cm³/mol. The third-order valence-electron chi connectivity index (χ3n) is 3.65. The molecule has 0 amide bonds. The van der Waals surface area contributed by atoms with E-state index >= 15 is 0 Å². The maximum absolute atomic E-state index is 5.84. The first-order valence-electron chi connectivity index (χ1n) is 6.38. The number of rotatable bonds is 5. The van der Waals surface area contributed by atoms with Gasteiger partial charge in [-0.05, 0) is 36.7 Å². The van der Waals surface area contributed by atoms with Crippen LogP contribution in [0.3, 0.4) is 0 Å². The fourth-order valence-corrected chi connectivity index (χ4v) is 2.69. The smallest absolute Gasteiger partial charge is 0.119 e. The highest BCUT2D eigenvalue weighted by molar-refractivity contribution is 6.30. The highest BCUT2D eigenvalue weighted by Gasteiger charge is 2.24. The predicted octanol–water partition coefficient (Wildman–Crippen LogP) is 3.48. The van der Waals surface area contributed by atoms with Crippen molar-refractivity contribution in [2.24, 2.45) is 17.6 Å². The highest BCUT2D eigenvalue weighted by Crippen LogP contribution is 2.31. The second-order valence-corrected chi connectivity index (χ2v) is 5.24. The minimum atomic E-state index is 0.494. The molecule has 1 aliphatic rings. The molecule has 2 nitrogen and oxygen atoms in total. The number of benzene rings is 1. The molecule has 0 aliphatic heterocycles. The van der Waals surface area contributed by atoms with Gasteiger partial charge in [-0.2, -0.15) is 0 Å². The Kier molecular flexibility index (Phi) is 4.69. The van der Waals surface area contributed by atoms with E-state index in [-0.39, 0.29) is 0 Å². The van der Waals surface area contributed by atoms with E-state index in [4.69, 9.17) is 22.1 Å². The Morgan fingerprint density at radius 3 is 2.47 bits per heavy atom. The molecule has 0 radical (unpaired) electrons. The number of nitrogens with two attached hydrogens (primary N) is 1. The summed E-state index contributed by atoms with van der Waals surface area (Å²) in [5.74, 6) is 2.13. The third-order valence-corrected chi connectivity index (χ3v) is 3.90. The van der Waals surface area contributed by atoms with Gasteiger partial charge in [0.2, 0.25) is 0 Å². The molecule has 17 heavy (non-hydrogen) atoms. The molecule has 1 unspecified atom stereocenters. The molecule has 1 aliphatic carbocycles. The Morgan fingerprint density at radius 1 is 1.24 bits per heavy atom. The molecule has 1 fully saturated rings. The molecular weight excluding hydrogens is 234 g/mol. The van der Waals surface area contributed by atoms with Gasteiger partial charge >= 0.3 is 0 Å². The van der Waals surface area contributed by atoms with Crippen molar-refractivity contribution in [1.29, 1.82) is 0 Å². The largest absolute Gasteiger partial charge is 0.493 e. The zero-order chi connectivity index (χ0) is 12.1. The normalized spacial score (nSPS) is 18.2. The molecule has 0 saturated heterocycles. The molecule has 2 N–H and O–H groups in total. The SMILES string of the molecule is NCC(COc1ccc(Cl)cc1)C1CCCC1. The van der Waals surface area contributed by atoms with Crippen molar-refractivity contribution in [3.63, 3.8) is 0 Å². The van der Waals surface area contributed by atoms with E-state index in [1.807, 2.05) is 24.3 Å². The van der Waals surface area contributed by atoms with Gasteiger partial charge in [-0.1, -0.05) is 37.3 Å². The van der Waals surface area contributed by atoms with Crippen LogP contribution < -0.4 is 10.5 Å². The molecule has 0 bridgehead atoms. The van der Waals surface area contributed by atoms with Crippen LogP contribution in [-0.2, 0) is 0 Å². The van der Waals surface area contributed by atoms with Crippen LogP contribution in [0.25, 0.3) is 0 Å². The third kappa shape index (κ3) is 3.62. The fourth-order valence-electron chi connectivity index (χ4n) is 2.56. The maximum atomic E-state index is 5.84. The molecule has 1 aromatic carbocycles. The highest BCUT2D eigenvalue weighted by atomic mass is 35.5.